The molecule has 1 aromatic rings. The molecule has 2 rings (SSSR count). The van der Waals surface area contributed by atoms with Crippen molar-refractivity contribution in [2.45, 2.75) is 53.5 Å². The summed E-state index contributed by atoms with van der Waals surface area (Å²) in [5.41, 5.74) is 1.39. The Bertz CT molecular complexity index is 437. The summed E-state index contributed by atoms with van der Waals surface area (Å²) in [6, 6.07) is 0. The Labute approximate surface area is 127 Å². The zero-order chi connectivity index (χ0) is 14.9. The quantitative estimate of drug-likeness (QED) is 0.919. The summed E-state index contributed by atoms with van der Waals surface area (Å²) in [5.74, 6) is 1.54. The van der Waals surface area contributed by atoms with Gasteiger partial charge in [0.1, 0.15) is 0 Å². The minimum absolute atomic E-state index is 0.121. The molecule has 0 saturated carbocycles. The van der Waals surface area contributed by atoms with Gasteiger partial charge >= 0.3 is 0 Å². The molecular weight excluding hydrogens is 266 g/mol. The minimum Gasteiger partial charge on any atom is -0.348 e. The van der Waals surface area contributed by atoms with Crippen LogP contribution >= 0.6 is 11.3 Å². The lowest BCUT2D eigenvalue weighted by atomic mass is 9.91. The maximum atomic E-state index is 4.99. The highest BCUT2D eigenvalue weighted by Gasteiger charge is 2.30. The predicted octanol–water partition coefficient (Wildman–Crippen LogP) is 3.64. The van der Waals surface area contributed by atoms with E-state index in [0.717, 1.165) is 38.0 Å². The zero-order valence-corrected chi connectivity index (χ0v) is 14.6. The summed E-state index contributed by atoms with van der Waals surface area (Å²) in [7, 11) is 0. The molecule has 1 saturated heterocycles. The third kappa shape index (κ3) is 3.34. The Kier molecular flexibility index (Phi) is 4.75. The van der Waals surface area contributed by atoms with Crippen LogP contribution < -0.4 is 10.2 Å². The monoisotopic (exact) mass is 295 g/mol. The van der Waals surface area contributed by atoms with E-state index < -0.39 is 0 Å². The smallest absolute Gasteiger partial charge is 0.185 e. The lowest BCUT2D eigenvalue weighted by Gasteiger charge is -2.18. The molecule has 0 aromatic carbocycles. The van der Waals surface area contributed by atoms with Gasteiger partial charge in [-0.1, -0.05) is 41.5 Å². The number of anilines is 1. The summed E-state index contributed by atoms with van der Waals surface area (Å²) in [6.45, 7) is 17.9. The summed E-state index contributed by atoms with van der Waals surface area (Å²) in [5, 5.41) is 4.67. The normalized spacial score (nSPS) is 23.6. The van der Waals surface area contributed by atoms with Crippen molar-refractivity contribution in [2.24, 2.45) is 11.8 Å². The number of hydrogen-bond donors (Lipinski definition) is 1. The van der Waals surface area contributed by atoms with Crippen molar-refractivity contribution in [1.82, 2.24) is 10.3 Å². The molecular formula is C16H29N3S. The number of nitrogens with zero attached hydrogens (tertiary/aromatic N) is 2. The molecule has 0 amide bonds. The van der Waals surface area contributed by atoms with Crippen LogP contribution in [0.5, 0.6) is 0 Å². The Morgan fingerprint density at radius 2 is 1.85 bits per heavy atom. The fourth-order valence-corrected chi connectivity index (χ4v) is 3.96. The molecule has 0 spiro atoms. The second kappa shape index (κ2) is 6.02. The first kappa shape index (κ1) is 15.8. The van der Waals surface area contributed by atoms with Gasteiger partial charge in [0.05, 0.1) is 5.69 Å². The molecule has 1 aromatic heterocycles. The lowest BCUT2D eigenvalue weighted by Crippen LogP contribution is -2.20. The van der Waals surface area contributed by atoms with E-state index in [1.807, 2.05) is 11.3 Å². The van der Waals surface area contributed by atoms with Gasteiger partial charge in [0, 0.05) is 29.9 Å². The van der Waals surface area contributed by atoms with Crippen LogP contribution in [0.1, 0.15) is 52.1 Å². The van der Waals surface area contributed by atoms with Crippen molar-refractivity contribution < 1.29 is 0 Å². The third-order valence-corrected chi connectivity index (χ3v) is 5.31. The fourth-order valence-electron chi connectivity index (χ4n) is 2.70. The van der Waals surface area contributed by atoms with Crippen LogP contribution in [0.2, 0.25) is 0 Å². The molecule has 1 aliphatic rings. The highest BCUT2D eigenvalue weighted by Crippen LogP contribution is 2.36. The number of nitrogens with one attached hydrogen (secondary N) is 1. The van der Waals surface area contributed by atoms with E-state index in [0.29, 0.717) is 0 Å². The van der Waals surface area contributed by atoms with Crippen molar-refractivity contribution in [3.63, 3.8) is 0 Å². The van der Waals surface area contributed by atoms with Gasteiger partial charge in [0.2, 0.25) is 0 Å². The van der Waals surface area contributed by atoms with Crippen LogP contribution in [-0.4, -0.2) is 24.6 Å². The van der Waals surface area contributed by atoms with Gasteiger partial charge in [-0.25, -0.2) is 4.98 Å². The number of aromatic nitrogens is 1. The number of hydrogen-bond acceptors (Lipinski definition) is 4. The van der Waals surface area contributed by atoms with Crippen LogP contribution in [0.15, 0.2) is 0 Å². The number of rotatable bonds is 4. The van der Waals surface area contributed by atoms with Crippen molar-refractivity contribution in [2.75, 3.05) is 24.5 Å². The van der Waals surface area contributed by atoms with E-state index in [2.05, 4.69) is 51.8 Å². The Morgan fingerprint density at radius 3 is 2.35 bits per heavy atom. The second-order valence-corrected chi connectivity index (χ2v) is 8.22. The van der Waals surface area contributed by atoms with Crippen molar-refractivity contribution in [1.29, 1.82) is 0 Å². The van der Waals surface area contributed by atoms with E-state index >= 15 is 0 Å². The van der Waals surface area contributed by atoms with Crippen molar-refractivity contribution in [3.8, 4) is 0 Å². The molecule has 1 fully saturated rings. The van der Waals surface area contributed by atoms with E-state index in [4.69, 9.17) is 4.98 Å². The largest absolute Gasteiger partial charge is 0.348 e. The summed E-state index contributed by atoms with van der Waals surface area (Å²) in [6.07, 6.45) is 0. The Morgan fingerprint density at radius 1 is 1.25 bits per heavy atom. The second-order valence-electron chi connectivity index (χ2n) is 7.16. The average Bonchev–Trinajstić information content (AvgIpc) is 2.91. The average molecular weight is 295 g/mol. The summed E-state index contributed by atoms with van der Waals surface area (Å²) < 4.78 is 0. The molecule has 2 heterocycles. The van der Waals surface area contributed by atoms with Crippen molar-refractivity contribution in [3.05, 3.63) is 10.6 Å². The van der Waals surface area contributed by atoms with Crippen LogP contribution in [0.4, 0.5) is 5.13 Å². The van der Waals surface area contributed by atoms with Gasteiger partial charge in [-0.15, -0.1) is 11.3 Å². The van der Waals surface area contributed by atoms with Crippen LogP contribution in [0.3, 0.4) is 0 Å². The molecule has 0 bridgehead atoms. The first-order chi connectivity index (χ1) is 9.32. The topological polar surface area (TPSA) is 28.2 Å². The molecule has 0 radical (unpaired) electrons. The molecule has 3 nitrogen and oxygen atoms in total. The molecule has 4 heteroatoms. The third-order valence-electron chi connectivity index (χ3n) is 4.19. The molecule has 2 atom stereocenters. The zero-order valence-electron chi connectivity index (χ0n) is 13.8. The molecule has 20 heavy (non-hydrogen) atoms. The first-order valence-electron chi connectivity index (χ1n) is 7.78. The van der Waals surface area contributed by atoms with Gasteiger partial charge in [-0.05, 0) is 18.4 Å². The van der Waals surface area contributed by atoms with E-state index in [1.54, 1.807) is 0 Å². The predicted molar refractivity (Wildman–Crippen MR) is 88.7 cm³/mol. The summed E-state index contributed by atoms with van der Waals surface area (Å²) in [4.78, 5) is 8.87. The van der Waals surface area contributed by atoms with E-state index in [-0.39, 0.29) is 5.41 Å². The maximum absolute atomic E-state index is 4.99. The van der Waals surface area contributed by atoms with E-state index in [9.17, 15) is 0 Å². The molecule has 0 aliphatic carbocycles. The fraction of sp³-hybridized carbons (Fsp3) is 0.812. The molecule has 1 N–H and O–H groups in total. The van der Waals surface area contributed by atoms with Gasteiger partial charge < -0.3 is 10.2 Å². The Balaban J connectivity index is 2.25. The maximum Gasteiger partial charge on any atom is 0.185 e. The van der Waals surface area contributed by atoms with Crippen molar-refractivity contribution >= 4 is 16.5 Å². The molecule has 114 valence electrons. The summed E-state index contributed by atoms with van der Waals surface area (Å²) >= 11 is 1.88. The molecule has 1 aliphatic heterocycles. The number of thiazole rings is 1. The van der Waals surface area contributed by atoms with Gasteiger partial charge in [-0.2, -0.15) is 0 Å². The van der Waals surface area contributed by atoms with Crippen LogP contribution in [-0.2, 0) is 12.0 Å². The Hall–Kier alpha value is -0.610. The minimum atomic E-state index is 0.121. The van der Waals surface area contributed by atoms with Gasteiger partial charge in [0.25, 0.3) is 0 Å². The van der Waals surface area contributed by atoms with E-state index in [1.165, 1.54) is 15.7 Å². The first-order valence-corrected chi connectivity index (χ1v) is 8.60. The van der Waals surface area contributed by atoms with Crippen LogP contribution in [0.25, 0.3) is 0 Å². The lowest BCUT2D eigenvalue weighted by molar-refractivity contribution is 0.494. The van der Waals surface area contributed by atoms with Gasteiger partial charge in [-0.3, -0.25) is 0 Å². The standard InChI is InChI=1S/C16H29N3S/c1-7-17-8-13-14(16(4,5)6)18-15(20-13)19-9-11(2)12(3)10-19/h11-12,17H,7-10H2,1-6H3. The highest BCUT2D eigenvalue weighted by atomic mass is 32.1. The SMILES string of the molecule is CCNCc1sc(N2CC(C)C(C)C2)nc1C(C)(C)C. The highest BCUT2D eigenvalue weighted by molar-refractivity contribution is 7.15. The molecule has 2 unspecified atom stereocenters. The van der Waals surface area contributed by atoms with Crippen LogP contribution in [0, 0.1) is 11.8 Å². The van der Waals surface area contributed by atoms with Gasteiger partial charge in [0.15, 0.2) is 5.13 Å².